The van der Waals surface area contributed by atoms with E-state index in [4.69, 9.17) is 4.74 Å². The third kappa shape index (κ3) is 4.52. The quantitative estimate of drug-likeness (QED) is 0.862. The number of ether oxygens (including phenoxy) is 1. The smallest absolute Gasteiger partial charge is 0.239 e. The van der Waals surface area contributed by atoms with Gasteiger partial charge in [-0.2, -0.15) is 0 Å². The van der Waals surface area contributed by atoms with Crippen molar-refractivity contribution in [2.75, 3.05) is 19.0 Å². The monoisotopic (exact) mass is 298 g/mol. The minimum atomic E-state index is -0.0308. The summed E-state index contributed by atoms with van der Waals surface area (Å²) in [5.41, 5.74) is 4.28. The minimum Gasteiger partial charge on any atom is -0.497 e. The van der Waals surface area contributed by atoms with Crippen molar-refractivity contribution in [1.29, 1.82) is 0 Å². The van der Waals surface area contributed by atoms with Crippen molar-refractivity contribution in [3.63, 3.8) is 0 Å². The predicted octanol–water partition coefficient (Wildman–Crippen LogP) is 3.04. The normalized spacial score (nSPS) is 10.1. The van der Waals surface area contributed by atoms with Crippen LogP contribution >= 0.6 is 0 Å². The van der Waals surface area contributed by atoms with Gasteiger partial charge < -0.3 is 15.4 Å². The average molecular weight is 298 g/mol. The van der Waals surface area contributed by atoms with Gasteiger partial charge in [-0.3, -0.25) is 4.79 Å². The molecule has 116 valence electrons. The molecular weight excluding hydrogens is 276 g/mol. The maximum absolute atomic E-state index is 11.9. The number of methoxy groups -OCH3 is 1. The Morgan fingerprint density at radius 1 is 1.14 bits per heavy atom. The highest BCUT2D eigenvalue weighted by Gasteiger charge is 2.04. The van der Waals surface area contributed by atoms with Crippen LogP contribution in [0.5, 0.6) is 5.75 Å². The van der Waals surface area contributed by atoms with E-state index in [9.17, 15) is 4.79 Å². The van der Waals surface area contributed by atoms with E-state index < -0.39 is 0 Å². The molecule has 0 aliphatic heterocycles. The van der Waals surface area contributed by atoms with Crippen LogP contribution in [0.1, 0.15) is 16.7 Å². The summed E-state index contributed by atoms with van der Waals surface area (Å²) in [7, 11) is 1.64. The van der Waals surface area contributed by atoms with Crippen LogP contribution in [0, 0.1) is 13.8 Å². The predicted molar refractivity (Wildman–Crippen MR) is 89.2 cm³/mol. The third-order valence-electron chi connectivity index (χ3n) is 3.45. The maximum Gasteiger partial charge on any atom is 0.239 e. The molecule has 0 aliphatic rings. The lowest BCUT2D eigenvalue weighted by Gasteiger charge is -2.11. The van der Waals surface area contributed by atoms with Crippen LogP contribution in [0.2, 0.25) is 0 Å². The van der Waals surface area contributed by atoms with Crippen LogP contribution < -0.4 is 15.4 Å². The molecule has 2 aromatic rings. The highest BCUT2D eigenvalue weighted by atomic mass is 16.5. The molecule has 0 heterocycles. The zero-order chi connectivity index (χ0) is 15.9. The second-order valence-corrected chi connectivity index (χ2v) is 5.30. The summed E-state index contributed by atoms with van der Waals surface area (Å²) in [5, 5.41) is 6.06. The molecule has 0 fully saturated rings. The van der Waals surface area contributed by atoms with Crippen LogP contribution in [0.25, 0.3) is 0 Å². The van der Waals surface area contributed by atoms with Crippen molar-refractivity contribution in [1.82, 2.24) is 5.32 Å². The van der Waals surface area contributed by atoms with Gasteiger partial charge in [0.2, 0.25) is 5.91 Å². The summed E-state index contributed by atoms with van der Waals surface area (Å²) in [5.74, 6) is 0.781. The molecule has 0 aromatic heterocycles. The number of carbonyl (C=O) groups is 1. The fraction of sp³-hybridized carbons (Fsp3) is 0.278. The van der Waals surface area contributed by atoms with Crippen molar-refractivity contribution >= 4 is 11.6 Å². The van der Waals surface area contributed by atoms with Gasteiger partial charge in [0, 0.05) is 12.2 Å². The Bertz CT molecular complexity index is 653. The molecule has 0 bridgehead atoms. The van der Waals surface area contributed by atoms with Crippen molar-refractivity contribution in [2.24, 2.45) is 0 Å². The number of rotatable bonds is 6. The first-order valence-corrected chi connectivity index (χ1v) is 7.29. The van der Waals surface area contributed by atoms with Crippen molar-refractivity contribution in [3.05, 3.63) is 59.2 Å². The number of aryl methyl sites for hydroxylation is 2. The van der Waals surface area contributed by atoms with Crippen molar-refractivity contribution < 1.29 is 9.53 Å². The van der Waals surface area contributed by atoms with Gasteiger partial charge in [-0.1, -0.05) is 29.8 Å². The minimum absolute atomic E-state index is 0.0308. The fourth-order valence-corrected chi connectivity index (χ4v) is 2.22. The van der Waals surface area contributed by atoms with E-state index in [1.165, 1.54) is 5.56 Å². The molecule has 1 amide bonds. The molecule has 2 rings (SSSR count). The topological polar surface area (TPSA) is 50.4 Å². The molecule has 0 radical (unpaired) electrons. The summed E-state index contributed by atoms with van der Waals surface area (Å²) in [6, 6.07) is 13.8. The number of carbonyl (C=O) groups excluding carboxylic acids is 1. The van der Waals surface area contributed by atoms with E-state index in [1.54, 1.807) is 7.11 Å². The van der Waals surface area contributed by atoms with Gasteiger partial charge in [0.1, 0.15) is 5.75 Å². The second kappa shape index (κ2) is 7.50. The number of nitrogens with one attached hydrogen (secondary N) is 2. The largest absolute Gasteiger partial charge is 0.497 e. The van der Waals surface area contributed by atoms with Gasteiger partial charge >= 0.3 is 0 Å². The van der Waals surface area contributed by atoms with E-state index in [0.717, 1.165) is 22.6 Å². The number of benzene rings is 2. The number of anilines is 1. The van der Waals surface area contributed by atoms with Gasteiger partial charge in [-0.25, -0.2) is 0 Å². The van der Waals surface area contributed by atoms with E-state index in [2.05, 4.69) is 16.7 Å². The van der Waals surface area contributed by atoms with Gasteiger partial charge in [0.25, 0.3) is 0 Å². The molecule has 4 heteroatoms. The average Bonchev–Trinajstić information content (AvgIpc) is 2.51. The molecule has 0 saturated carbocycles. The summed E-state index contributed by atoms with van der Waals surface area (Å²) < 4.78 is 5.17. The molecule has 4 nitrogen and oxygen atoms in total. The van der Waals surface area contributed by atoms with Crippen molar-refractivity contribution in [2.45, 2.75) is 20.4 Å². The molecule has 0 spiro atoms. The summed E-state index contributed by atoms with van der Waals surface area (Å²) in [4.78, 5) is 11.9. The first-order chi connectivity index (χ1) is 10.6. The Morgan fingerprint density at radius 2 is 1.95 bits per heavy atom. The lowest BCUT2D eigenvalue weighted by molar-refractivity contribution is -0.119. The van der Waals surface area contributed by atoms with Crippen LogP contribution in [-0.4, -0.2) is 19.6 Å². The van der Waals surface area contributed by atoms with Gasteiger partial charge in [0.15, 0.2) is 0 Å². The number of amides is 1. The molecule has 2 aromatic carbocycles. The van der Waals surface area contributed by atoms with E-state index in [-0.39, 0.29) is 12.5 Å². The Balaban J connectivity index is 1.83. The van der Waals surface area contributed by atoms with Crippen LogP contribution in [0.4, 0.5) is 5.69 Å². The lowest BCUT2D eigenvalue weighted by Crippen LogP contribution is -2.29. The first kappa shape index (κ1) is 15.9. The summed E-state index contributed by atoms with van der Waals surface area (Å²) >= 11 is 0. The third-order valence-corrected chi connectivity index (χ3v) is 3.45. The highest BCUT2D eigenvalue weighted by molar-refractivity contribution is 5.81. The van der Waals surface area contributed by atoms with Crippen LogP contribution in [0.15, 0.2) is 42.5 Å². The SMILES string of the molecule is COc1ccc(NCC(=O)NCc2cccc(C)c2)c(C)c1. The number of hydrogen-bond donors (Lipinski definition) is 2. The van der Waals surface area contributed by atoms with E-state index >= 15 is 0 Å². The Hall–Kier alpha value is -2.49. The van der Waals surface area contributed by atoms with E-state index in [1.807, 2.05) is 50.2 Å². The second-order valence-electron chi connectivity index (χ2n) is 5.30. The Morgan fingerprint density at radius 3 is 2.64 bits per heavy atom. The first-order valence-electron chi connectivity index (χ1n) is 7.29. The Kier molecular flexibility index (Phi) is 5.42. The lowest BCUT2D eigenvalue weighted by atomic mass is 10.1. The fourth-order valence-electron chi connectivity index (χ4n) is 2.22. The van der Waals surface area contributed by atoms with Crippen LogP contribution in [0.3, 0.4) is 0 Å². The zero-order valence-corrected chi connectivity index (χ0v) is 13.3. The summed E-state index contributed by atoms with van der Waals surface area (Å²) in [6.45, 7) is 4.82. The molecule has 0 aliphatic carbocycles. The van der Waals surface area contributed by atoms with Crippen molar-refractivity contribution in [3.8, 4) is 5.75 Å². The molecule has 0 saturated heterocycles. The van der Waals surface area contributed by atoms with Gasteiger partial charge in [0.05, 0.1) is 13.7 Å². The van der Waals surface area contributed by atoms with E-state index in [0.29, 0.717) is 6.54 Å². The summed E-state index contributed by atoms with van der Waals surface area (Å²) in [6.07, 6.45) is 0. The zero-order valence-electron chi connectivity index (χ0n) is 13.3. The van der Waals surface area contributed by atoms with Gasteiger partial charge in [-0.15, -0.1) is 0 Å². The standard InChI is InChI=1S/C18H22N2O2/c1-13-5-4-6-15(9-13)11-20-18(21)12-19-17-8-7-16(22-3)10-14(17)2/h4-10,19H,11-12H2,1-3H3,(H,20,21). The molecule has 0 atom stereocenters. The highest BCUT2D eigenvalue weighted by Crippen LogP contribution is 2.20. The molecular formula is C18H22N2O2. The maximum atomic E-state index is 11.9. The van der Waals surface area contributed by atoms with Crippen LogP contribution in [-0.2, 0) is 11.3 Å². The Labute approximate surface area is 131 Å². The molecule has 22 heavy (non-hydrogen) atoms. The van der Waals surface area contributed by atoms with Gasteiger partial charge in [-0.05, 0) is 43.2 Å². The molecule has 0 unspecified atom stereocenters. The number of hydrogen-bond acceptors (Lipinski definition) is 3. The molecule has 2 N–H and O–H groups in total.